The summed E-state index contributed by atoms with van der Waals surface area (Å²) in [4.78, 5) is 12.6. The number of rotatable bonds is 19. The summed E-state index contributed by atoms with van der Waals surface area (Å²) in [6.45, 7) is 35.4. The van der Waals surface area contributed by atoms with Crippen LogP contribution in [0.4, 0.5) is 0 Å². The average molecular weight is 944 g/mol. The largest absolute Gasteiger partial charge is 0.479 e. The normalized spacial score (nSPS) is 39.1. The summed E-state index contributed by atoms with van der Waals surface area (Å²) in [5.74, 6) is 0.121. The predicted molar refractivity (Wildman–Crippen MR) is 232 cm³/mol. The molecule has 6 aliphatic heterocycles. The summed E-state index contributed by atoms with van der Waals surface area (Å²) in [6.07, 6.45) is 0.362. The Morgan fingerprint density at radius 2 is 0.596 bits per heavy atom. The second-order valence-electron chi connectivity index (χ2n) is 19.9. The van der Waals surface area contributed by atoms with E-state index in [2.05, 4.69) is 104 Å². The molecule has 0 atom stereocenters. The van der Waals surface area contributed by atoms with E-state index in [9.17, 15) is 4.79 Å². The van der Waals surface area contributed by atoms with E-state index in [-0.39, 0.29) is 54.1 Å². The predicted octanol–water partition coefficient (Wildman–Crippen LogP) is 8.87. The van der Waals surface area contributed by atoms with Gasteiger partial charge in [-0.15, -0.1) is 0 Å². The zero-order valence-electron chi connectivity index (χ0n) is 37.5. The van der Waals surface area contributed by atoms with Gasteiger partial charge in [0.15, 0.2) is 0 Å². The quantitative estimate of drug-likeness (QED) is 0.0528. The monoisotopic (exact) mass is 942 g/mol. The van der Waals surface area contributed by atoms with Crippen molar-refractivity contribution in [3.8, 4) is 0 Å². The Labute approximate surface area is 352 Å². The van der Waals surface area contributed by atoms with Crippen molar-refractivity contribution < 1.29 is 58.9 Å². The van der Waals surface area contributed by atoms with Crippen molar-refractivity contribution >= 4 is 76.4 Å². The Morgan fingerprint density at radius 1 is 0.404 bits per heavy atom. The van der Waals surface area contributed by atoms with Gasteiger partial charge in [0.05, 0.1) is 6.61 Å². The van der Waals surface area contributed by atoms with E-state index in [0.717, 1.165) is 0 Å². The first-order chi connectivity index (χ1) is 26.2. The van der Waals surface area contributed by atoms with Gasteiger partial charge in [0.2, 0.25) is 0 Å². The van der Waals surface area contributed by atoms with Crippen LogP contribution in [-0.2, 0) is 58.9 Å². The molecule has 0 radical (unpaired) electrons. The van der Waals surface area contributed by atoms with Crippen LogP contribution in [0.1, 0.15) is 110 Å². The molecule has 0 N–H and O–H groups in total. The van der Waals surface area contributed by atoms with E-state index in [1.165, 1.54) is 0 Å². The summed E-state index contributed by atoms with van der Waals surface area (Å²) in [7, 11) is -31.9. The molecule has 0 amide bonds. The first-order valence-corrected chi connectivity index (χ1v) is 36.9. The maximum atomic E-state index is 12.6. The zero-order chi connectivity index (χ0) is 42.5. The van der Waals surface area contributed by atoms with Crippen LogP contribution >= 0.6 is 0 Å². The molecule has 330 valence electrons. The van der Waals surface area contributed by atoms with Crippen LogP contribution < -0.4 is 0 Å². The summed E-state index contributed by atoms with van der Waals surface area (Å²) in [5, 5.41) is 0. The third-order valence-electron chi connectivity index (χ3n) is 9.55. The molecule has 6 heterocycles. The van der Waals surface area contributed by atoms with Gasteiger partial charge in [-0.1, -0.05) is 104 Å². The van der Waals surface area contributed by atoms with Gasteiger partial charge in [0, 0.05) is 53.9 Å². The highest BCUT2D eigenvalue weighted by molar-refractivity contribution is 7.03. The smallest absolute Gasteiger partial charge is 0.462 e. The zero-order valence-corrected chi connectivity index (χ0v) is 45.5. The van der Waals surface area contributed by atoms with Crippen molar-refractivity contribution in [1.29, 1.82) is 0 Å². The van der Waals surface area contributed by atoms with Crippen LogP contribution in [0.2, 0.25) is 48.4 Å². The molecule has 0 aliphatic carbocycles. The van der Waals surface area contributed by atoms with E-state index >= 15 is 0 Å². The number of hydrogen-bond acceptors (Lipinski definition) is 14. The van der Waals surface area contributed by atoms with Gasteiger partial charge in [-0.3, -0.25) is 0 Å². The molecule has 0 saturated carbocycles. The summed E-state index contributed by atoms with van der Waals surface area (Å²) in [6, 6.07) is 3.32. The fourth-order valence-corrected chi connectivity index (χ4v) is 60.0. The molecule has 0 unspecified atom stereocenters. The van der Waals surface area contributed by atoms with Gasteiger partial charge in [0.25, 0.3) is 0 Å². The van der Waals surface area contributed by atoms with Gasteiger partial charge >= 0.3 is 76.4 Å². The van der Waals surface area contributed by atoms with Gasteiger partial charge in [-0.2, -0.15) is 0 Å². The Kier molecular flexibility index (Phi) is 15.2. The molecule has 6 fully saturated rings. The van der Waals surface area contributed by atoms with Crippen molar-refractivity contribution in [2.75, 3.05) is 6.61 Å². The number of carbonyl (C=O) groups is 1. The summed E-state index contributed by atoms with van der Waals surface area (Å²) in [5.41, 5.74) is 0.325. The molecule has 0 aromatic rings. The first-order valence-electron chi connectivity index (χ1n) is 21.5. The lowest BCUT2D eigenvalue weighted by atomic mass is 10.3. The van der Waals surface area contributed by atoms with Crippen LogP contribution in [0.25, 0.3) is 0 Å². The third-order valence-corrected chi connectivity index (χ3v) is 49.6. The van der Waals surface area contributed by atoms with Gasteiger partial charge < -0.3 is 54.1 Å². The van der Waals surface area contributed by atoms with Crippen LogP contribution in [-0.4, -0.2) is 83.0 Å². The van der Waals surface area contributed by atoms with E-state index in [4.69, 9.17) is 54.1 Å². The molecule has 8 bridgehead atoms. The minimum atomic E-state index is -4.10. The lowest BCUT2D eigenvalue weighted by Gasteiger charge is -2.64. The molecule has 14 nitrogen and oxygen atoms in total. The van der Waals surface area contributed by atoms with Crippen molar-refractivity contribution in [2.45, 2.75) is 159 Å². The van der Waals surface area contributed by atoms with Crippen LogP contribution in [0.15, 0.2) is 12.2 Å². The first kappa shape index (κ1) is 48.5. The average Bonchev–Trinajstić information content (AvgIpc) is 2.92. The second-order valence-corrected chi connectivity index (χ2v) is 44.0. The summed E-state index contributed by atoms with van der Waals surface area (Å²) < 4.78 is 98.5. The number of ether oxygens (including phenoxy) is 1. The molecule has 6 saturated heterocycles. The van der Waals surface area contributed by atoms with Crippen molar-refractivity contribution in [1.82, 2.24) is 0 Å². The lowest BCUT2D eigenvalue weighted by molar-refractivity contribution is -0.139. The van der Waals surface area contributed by atoms with Crippen molar-refractivity contribution in [3.63, 3.8) is 0 Å². The fraction of sp³-hybridized carbons (Fsp3) is 0.914. The molecule has 0 aromatic carbocycles. The topological polar surface area (TPSA) is 137 Å². The number of esters is 1. The molecular weight excluding hydrogens is 869 g/mol. The van der Waals surface area contributed by atoms with Crippen LogP contribution in [0.3, 0.4) is 0 Å². The Balaban J connectivity index is 1.91. The molecule has 6 rings (SSSR count). The Bertz CT molecular complexity index is 1280. The van der Waals surface area contributed by atoms with Crippen molar-refractivity contribution in [2.24, 2.45) is 41.4 Å². The number of carbonyl (C=O) groups excluding carboxylic acids is 1. The van der Waals surface area contributed by atoms with Gasteiger partial charge in [-0.05, 0) is 54.8 Å². The maximum Gasteiger partial charge on any atom is 0.479 e. The van der Waals surface area contributed by atoms with Gasteiger partial charge in [-0.25, -0.2) is 4.79 Å². The highest BCUT2D eigenvalue weighted by Crippen LogP contribution is 2.55. The standard InChI is InChI=1S/C35H74O14Si8/c1-27(2)20-51-38-50(19-17-18-37-35(36)34(15)16)39-52(21-28(3)4)43-54(41-51,23-30(7)8)47-57(26-33(13)14)48-55(42-51,24-31(9)10)44-53(40-50,22-29(5)6)46-56(45-52,49-57)25-32(11)12/h27-33H,15,17-26H2,1-14,16H3. The molecule has 0 spiro atoms. The Morgan fingerprint density at radius 3 is 0.772 bits per heavy atom. The maximum absolute atomic E-state index is 12.6. The van der Waals surface area contributed by atoms with E-state index in [1.807, 2.05) is 0 Å². The van der Waals surface area contributed by atoms with E-state index in [1.54, 1.807) is 6.92 Å². The van der Waals surface area contributed by atoms with E-state index in [0.29, 0.717) is 54.3 Å². The molecule has 6 aliphatic rings. The molecule has 0 aromatic heterocycles. The van der Waals surface area contributed by atoms with Crippen molar-refractivity contribution in [3.05, 3.63) is 12.2 Å². The summed E-state index contributed by atoms with van der Waals surface area (Å²) >= 11 is 0. The third kappa shape index (κ3) is 11.7. The Hall–Kier alpha value is 0.465. The molecular formula is C35H74O14Si8. The fourth-order valence-electron chi connectivity index (χ4n) is 8.45. The lowest BCUT2D eigenvalue weighted by Crippen LogP contribution is -2.88. The number of hydrogen-bond donors (Lipinski definition) is 0. The van der Waals surface area contributed by atoms with Crippen LogP contribution in [0, 0.1) is 41.4 Å². The minimum Gasteiger partial charge on any atom is -0.462 e. The minimum absolute atomic E-state index is 0.0679. The molecule has 22 heteroatoms. The molecule has 57 heavy (non-hydrogen) atoms. The SMILES string of the molecule is C=C(C)C(=O)OCCC[Si]12O[Si]3(CC(C)C)O[Si]4(CC(C)C)O[Si](CC(C)C)(O1)O[Si]1(CC(C)C)O[Si](CC(C)C)(O2)O[Si](CC(C)C)(O3)O[Si](CC(C)C)(O4)O1. The highest BCUT2D eigenvalue weighted by atomic mass is 28.6. The van der Waals surface area contributed by atoms with Crippen LogP contribution in [0.5, 0.6) is 0 Å². The van der Waals surface area contributed by atoms with Gasteiger partial charge in [0.1, 0.15) is 0 Å². The highest BCUT2D eigenvalue weighted by Gasteiger charge is 2.83. The van der Waals surface area contributed by atoms with E-state index < -0.39 is 76.4 Å². The second kappa shape index (κ2) is 17.9.